The Morgan fingerprint density at radius 1 is 1.71 bits per heavy atom. The molecule has 0 saturated carbocycles. The number of halogens is 2. The largest absolute Gasteiger partial charge is 0.468 e. The summed E-state index contributed by atoms with van der Waals surface area (Å²) < 4.78 is 5.54. The number of esters is 1. The van der Waals surface area contributed by atoms with Gasteiger partial charge in [0.2, 0.25) is 0 Å². The Hall–Kier alpha value is -0.100. The van der Waals surface area contributed by atoms with Crippen molar-refractivity contribution in [3.8, 4) is 0 Å². The first-order valence-electron chi connectivity index (χ1n) is 3.65. The van der Waals surface area contributed by atoms with E-state index in [-0.39, 0.29) is 12.4 Å². The Balaban J connectivity index is 0.00000169. The van der Waals surface area contributed by atoms with Gasteiger partial charge in [0, 0.05) is 4.88 Å². The lowest BCUT2D eigenvalue weighted by atomic mass is 10.2. The van der Waals surface area contributed by atoms with E-state index in [0.717, 1.165) is 14.2 Å². The molecule has 0 amide bonds. The first kappa shape index (κ1) is 13.9. The molecule has 1 aromatic rings. The Bertz CT molecular complexity index is 310. The number of methoxy groups -OCH3 is 1. The predicted octanol–water partition coefficient (Wildman–Crippen LogP) is 2.41. The summed E-state index contributed by atoms with van der Waals surface area (Å²) in [7, 11) is 1.33. The molecule has 1 rings (SSSR count). The van der Waals surface area contributed by atoms with Crippen molar-refractivity contribution in [1.82, 2.24) is 0 Å². The Labute approximate surface area is 101 Å². The first-order chi connectivity index (χ1) is 6.06. The van der Waals surface area contributed by atoms with Crippen LogP contribution in [0.25, 0.3) is 0 Å². The highest BCUT2D eigenvalue weighted by Gasteiger charge is 2.18. The summed E-state index contributed by atoms with van der Waals surface area (Å²) in [6.07, 6.45) is 0. The molecule has 0 unspecified atom stereocenters. The molecule has 0 saturated heterocycles. The van der Waals surface area contributed by atoms with Crippen molar-refractivity contribution >= 4 is 45.6 Å². The number of hydrogen-bond donors (Lipinski definition) is 1. The van der Waals surface area contributed by atoms with Crippen LogP contribution in [0.3, 0.4) is 0 Å². The number of thiophene rings is 1. The lowest BCUT2D eigenvalue weighted by Crippen LogP contribution is -2.21. The summed E-state index contributed by atoms with van der Waals surface area (Å²) in [5.41, 5.74) is 6.73. The molecule has 80 valence electrons. The minimum Gasteiger partial charge on any atom is -0.468 e. The fraction of sp³-hybridized carbons (Fsp3) is 0.375. The van der Waals surface area contributed by atoms with Crippen molar-refractivity contribution < 1.29 is 9.53 Å². The molecule has 0 spiro atoms. The number of carbonyl (C=O) groups is 1. The zero-order chi connectivity index (χ0) is 10.0. The van der Waals surface area contributed by atoms with Crippen LogP contribution in [0.5, 0.6) is 0 Å². The highest BCUT2D eigenvalue weighted by atomic mass is 79.9. The van der Waals surface area contributed by atoms with Gasteiger partial charge < -0.3 is 10.5 Å². The Kier molecular flexibility index (Phi) is 5.66. The molecule has 14 heavy (non-hydrogen) atoms. The van der Waals surface area contributed by atoms with Gasteiger partial charge in [-0.3, -0.25) is 0 Å². The third-order valence-electron chi connectivity index (χ3n) is 1.64. The van der Waals surface area contributed by atoms with E-state index < -0.39 is 12.0 Å². The van der Waals surface area contributed by atoms with Gasteiger partial charge in [0.1, 0.15) is 6.04 Å². The lowest BCUT2D eigenvalue weighted by Gasteiger charge is -2.05. The highest BCUT2D eigenvalue weighted by Crippen LogP contribution is 2.30. The van der Waals surface area contributed by atoms with Gasteiger partial charge in [-0.25, -0.2) is 4.79 Å². The SMILES string of the molecule is COC(=O)[C@@H](N)c1cc(C)c(Br)s1.Cl. The molecule has 1 atom stereocenters. The van der Waals surface area contributed by atoms with Gasteiger partial charge in [0.15, 0.2) is 0 Å². The van der Waals surface area contributed by atoms with Crippen molar-refractivity contribution in [2.75, 3.05) is 7.11 Å². The van der Waals surface area contributed by atoms with E-state index in [1.807, 2.05) is 13.0 Å². The lowest BCUT2D eigenvalue weighted by molar-refractivity contribution is -0.142. The molecule has 1 aromatic heterocycles. The van der Waals surface area contributed by atoms with Crippen LogP contribution in [0, 0.1) is 6.92 Å². The molecular formula is C8H11BrClNO2S. The van der Waals surface area contributed by atoms with Gasteiger partial charge in [-0.2, -0.15) is 0 Å². The zero-order valence-electron chi connectivity index (χ0n) is 7.74. The second-order valence-corrected chi connectivity index (χ2v) is 5.01. The van der Waals surface area contributed by atoms with Crippen LogP contribution in [0.4, 0.5) is 0 Å². The maximum Gasteiger partial charge on any atom is 0.328 e. The summed E-state index contributed by atoms with van der Waals surface area (Å²) in [5.74, 6) is -0.409. The number of carbonyl (C=O) groups excluding carboxylic acids is 1. The van der Waals surface area contributed by atoms with Crippen LogP contribution in [0.2, 0.25) is 0 Å². The minimum absolute atomic E-state index is 0. The van der Waals surface area contributed by atoms with Crippen LogP contribution >= 0.6 is 39.7 Å². The molecule has 0 aliphatic heterocycles. The first-order valence-corrected chi connectivity index (χ1v) is 5.26. The van der Waals surface area contributed by atoms with Gasteiger partial charge in [-0.05, 0) is 34.5 Å². The van der Waals surface area contributed by atoms with Crippen molar-refractivity contribution in [2.24, 2.45) is 5.73 Å². The molecule has 0 bridgehead atoms. The topological polar surface area (TPSA) is 52.3 Å². The molecule has 6 heteroatoms. The van der Waals surface area contributed by atoms with E-state index in [0.29, 0.717) is 0 Å². The molecular weight excluding hydrogens is 290 g/mol. The summed E-state index contributed by atoms with van der Waals surface area (Å²) in [5, 5.41) is 0. The average molecular weight is 301 g/mol. The van der Waals surface area contributed by atoms with E-state index >= 15 is 0 Å². The van der Waals surface area contributed by atoms with Crippen molar-refractivity contribution in [1.29, 1.82) is 0 Å². The zero-order valence-corrected chi connectivity index (χ0v) is 11.0. The van der Waals surface area contributed by atoms with Gasteiger partial charge in [0.05, 0.1) is 10.9 Å². The third kappa shape index (κ3) is 2.95. The van der Waals surface area contributed by atoms with Crippen LogP contribution < -0.4 is 5.73 Å². The highest BCUT2D eigenvalue weighted by molar-refractivity contribution is 9.11. The standard InChI is InChI=1S/C8H10BrNO2S.ClH/c1-4-3-5(13-7(4)9)6(10)8(11)12-2;/h3,6H,10H2,1-2H3;1H/t6-;/m0./s1. The van der Waals surface area contributed by atoms with Crippen LogP contribution in [0.1, 0.15) is 16.5 Å². The van der Waals surface area contributed by atoms with E-state index in [9.17, 15) is 4.79 Å². The molecule has 0 fully saturated rings. The van der Waals surface area contributed by atoms with Crippen LogP contribution in [0.15, 0.2) is 9.85 Å². The van der Waals surface area contributed by atoms with Crippen LogP contribution in [-0.4, -0.2) is 13.1 Å². The molecule has 0 aliphatic rings. The summed E-state index contributed by atoms with van der Waals surface area (Å²) in [4.78, 5) is 11.9. The van der Waals surface area contributed by atoms with E-state index in [1.165, 1.54) is 18.4 Å². The van der Waals surface area contributed by atoms with Gasteiger partial charge in [0.25, 0.3) is 0 Å². The predicted molar refractivity (Wildman–Crippen MR) is 62.9 cm³/mol. The third-order valence-corrected chi connectivity index (χ3v) is 3.86. The number of rotatable bonds is 2. The fourth-order valence-electron chi connectivity index (χ4n) is 0.880. The number of ether oxygens (including phenoxy) is 1. The van der Waals surface area contributed by atoms with Gasteiger partial charge in [-0.15, -0.1) is 23.7 Å². The number of aryl methyl sites for hydroxylation is 1. The maximum absolute atomic E-state index is 11.1. The van der Waals surface area contributed by atoms with E-state index in [2.05, 4.69) is 20.7 Å². The van der Waals surface area contributed by atoms with Crippen molar-refractivity contribution in [2.45, 2.75) is 13.0 Å². The molecule has 0 aliphatic carbocycles. The fourth-order valence-corrected chi connectivity index (χ4v) is 2.44. The maximum atomic E-state index is 11.1. The summed E-state index contributed by atoms with van der Waals surface area (Å²) >= 11 is 4.82. The van der Waals surface area contributed by atoms with Crippen LogP contribution in [-0.2, 0) is 9.53 Å². The number of nitrogens with two attached hydrogens (primary N) is 1. The molecule has 3 nitrogen and oxygen atoms in total. The average Bonchev–Trinajstić information content (AvgIpc) is 2.44. The number of hydrogen-bond acceptors (Lipinski definition) is 4. The summed E-state index contributed by atoms with van der Waals surface area (Å²) in [6.45, 7) is 1.95. The smallest absolute Gasteiger partial charge is 0.328 e. The van der Waals surface area contributed by atoms with E-state index in [1.54, 1.807) is 0 Å². The molecule has 1 heterocycles. The quantitative estimate of drug-likeness (QED) is 0.853. The van der Waals surface area contributed by atoms with Crippen molar-refractivity contribution in [3.63, 3.8) is 0 Å². The Morgan fingerprint density at radius 2 is 2.29 bits per heavy atom. The second-order valence-electron chi connectivity index (χ2n) is 2.61. The second kappa shape index (κ2) is 5.70. The van der Waals surface area contributed by atoms with Crippen molar-refractivity contribution in [3.05, 3.63) is 20.3 Å². The normalized spacial score (nSPS) is 11.7. The minimum atomic E-state index is -0.667. The molecule has 0 aromatic carbocycles. The molecule has 2 N–H and O–H groups in total. The Morgan fingerprint density at radius 3 is 2.64 bits per heavy atom. The molecule has 0 radical (unpaired) electrons. The summed E-state index contributed by atoms with van der Waals surface area (Å²) in [6, 6.07) is 1.22. The van der Waals surface area contributed by atoms with Gasteiger partial charge >= 0.3 is 5.97 Å². The van der Waals surface area contributed by atoms with Gasteiger partial charge in [-0.1, -0.05) is 0 Å². The monoisotopic (exact) mass is 299 g/mol. The van der Waals surface area contributed by atoms with E-state index in [4.69, 9.17) is 5.73 Å².